The fraction of sp³-hybridized carbons (Fsp3) is 0.0769. The average molecular weight is 337 g/mol. The lowest BCUT2D eigenvalue weighted by molar-refractivity contribution is -0.384. The molecule has 0 aliphatic carbocycles. The summed E-state index contributed by atoms with van der Waals surface area (Å²) in [6, 6.07) is 10.3. The third kappa shape index (κ3) is 3.25. The number of nitrogens with two attached hydrogens (primary N) is 1. The van der Waals surface area contributed by atoms with Crippen LogP contribution < -0.4 is 16.6 Å². The van der Waals surface area contributed by atoms with Crippen LogP contribution in [0.25, 0.3) is 0 Å². The summed E-state index contributed by atoms with van der Waals surface area (Å²) in [6.07, 6.45) is 0. The zero-order chi connectivity index (χ0) is 14.7. The zero-order valence-corrected chi connectivity index (χ0v) is 12.3. The maximum Gasteiger partial charge on any atom is 0.273 e. The van der Waals surface area contributed by atoms with Crippen LogP contribution in [-0.2, 0) is 0 Å². The molecule has 0 fully saturated rings. The van der Waals surface area contributed by atoms with Crippen LogP contribution in [0.1, 0.15) is 5.56 Å². The quantitative estimate of drug-likeness (QED) is 0.449. The largest absolute Gasteiger partial charge is 0.355 e. The lowest BCUT2D eigenvalue weighted by atomic mass is 10.2. The molecule has 2 rings (SSSR count). The van der Waals surface area contributed by atoms with E-state index in [1.165, 1.54) is 12.1 Å². The fourth-order valence-corrected chi connectivity index (χ4v) is 2.27. The highest BCUT2D eigenvalue weighted by molar-refractivity contribution is 9.10. The molecule has 0 amide bonds. The van der Waals surface area contributed by atoms with Gasteiger partial charge in [0.15, 0.2) is 0 Å². The molecule has 20 heavy (non-hydrogen) atoms. The van der Waals surface area contributed by atoms with E-state index in [4.69, 9.17) is 5.84 Å². The molecular weight excluding hydrogens is 324 g/mol. The Kier molecular flexibility index (Phi) is 4.21. The summed E-state index contributed by atoms with van der Waals surface area (Å²) in [5.41, 5.74) is 5.35. The number of nitrogens with one attached hydrogen (secondary N) is 2. The van der Waals surface area contributed by atoms with Crippen molar-refractivity contribution in [2.75, 3.05) is 10.7 Å². The number of hydrazine groups is 1. The molecular formula is C13H13BrN4O2. The van der Waals surface area contributed by atoms with Gasteiger partial charge in [-0.15, -0.1) is 0 Å². The first-order valence-corrected chi connectivity index (χ1v) is 6.58. The van der Waals surface area contributed by atoms with E-state index >= 15 is 0 Å². The van der Waals surface area contributed by atoms with Gasteiger partial charge >= 0.3 is 0 Å². The number of hydrogen-bond donors (Lipinski definition) is 3. The highest BCUT2D eigenvalue weighted by Crippen LogP contribution is 2.28. The molecule has 0 aromatic heterocycles. The summed E-state index contributed by atoms with van der Waals surface area (Å²) in [5.74, 6) is 5.32. The first-order chi connectivity index (χ1) is 9.49. The predicted molar refractivity (Wildman–Crippen MR) is 83.1 cm³/mol. The number of nitrogen functional groups attached to an aromatic ring is 1. The lowest BCUT2D eigenvalue weighted by Crippen LogP contribution is -2.07. The van der Waals surface area contributed by atoms with Crippen molar-refractivity contribution in [3.8, 4) is 0 Å². The van der Waals surface area contributed by atoms with E-state index in [0.29, 0.717) is 11.4 Å². The number of halogens is 1. The molecule has 0 unspecified atom stereocenters. The fourth-order valence-electron chi connectivity index (χ4n) is 1.79. The van der Waals surface area contributed by atoms with Crippen molar-refractivity contribution in [3.63, 3.8) is 0 Å². The maximum atomic E-state index is 10.9. The minimum atomic E-state index is -0.458. The van der Waals surface area contributed by atoms with Crippen molar-refractivity contribution in [1.29, 1.82) is 0 Å². The Morgan fingerprint density at radius 1 is 1.20 bits per heavy atom. The molecule has 2 aromatic carbocycles. The summed E-state index contributed by atoms with van der Waals surface area (Å²) in [7, 11) is 0. The van der Waals surface area contributed by atoms with E-state index in [2.05, 4.69) is 26.7 Å². The van der Waals surface area contributed by atoms with Crippen molar-refractivity contribution in [3.05, 3.63) is 56.5 Å². The van der Waals surface area contributed by atoms with Gasteiger partial charge in [-0.3, -0.25) is 16.0 Å². The van der Waals surface area contributed by atoms with E-state index in [-0.39, 0.29) is 5.69 Å². The number of aryl methyl sites for hydroxylation is 1. The van der Waals surface area contributed by atoms with Gasteiger partial charge in [0.1, 0.15) is 0 Å². The van der Waals surface area contributed by atoms with Crippen molar-refractivity contribution in [2.24, 2.45) is 5.84 Å². The van der Waals surface area contributed by atoms with Crippen LogP contribution >= 0.6 is 15.9 Å². The highest BCUT2D eigenvalue weighted by atomic mass is 79.9. The molecule has 2 aromatic rings. The minimum absolute atomic E-state index is 0.0299. The van der Waals surface area contributed by atoms with Crippen LogP contribution in [0, 0.1) is 17.0 Å². The summed E-state index contributed by atoms with van der Waals surface area (Å²) >= 11 is 3.39. The van der Waals surface area contributed by atoms with Crippen LogP contribution in [0.3, 0.4) is 0 Å². The zero-order valence-electron chi connectivity index (χ0n) is 10.7. The van der Waals surface area contributed by atoms with Crippen molar-refractivity contribution < 1.29 is 4.92 Å². The van der Waals surface area contributed by atoms with Crippen LogP contribution in [-0.4, -0.2) is 4.92 Å². The first kappa shape index (κ1) is 14.3. The van der Waals surface area contributed by atoms with Gasteiger partial charge in [-0.2, -0.15) is 0 Å². The topological polar surface area (TPSA) is 93.2 Å². The second-order valence-electron chi connectivity index (χ2n) is 4.25. The van der Waals surface area contributed by atoms with Gasteiger partial charge in [0, 0.05) is 28.0 Å². The third-order valence-corrected chi connectivity index (χ3v) is 3.26. The van der Waals surface area contributed by atoms with E-state index in [1.807, 2.05) is 25.1 Å². The Morgan fingerprint density at radius 3 is 2.50 bits per heavy atom. The Bertz CT molecular complexity index is 661. The Hall–Kier alpha value is -2.12. The lowest BCUT2D eigenvalue weighted by Gasteiger charge is -2.11. The number of anilines is 3. The van der Waals surface area contributed by atoms with E-state index in [0.717, 1.165) is 15.7 Å². The van der Waals surface area contributed by atoms with Crippen LogP contribution in [0.5, 0.6) is 0 Å². The van der Waals surface area contributed by atoms with Crippen LogP contribution in [0.2, 0.25) is 0 Å². The normalized spacial score (nSPS) is 10.2. The van der Waals surface area contributed by atoms with Gasteiger partial charge in [-0.05, 0) is 36.8 Å². The summed E-state index contributed by atoms with van der Waals surface area (Å²) in [6.45, 7) is 1.95. The smallest absolute Gasteiger partial charge is 0.273 e. The highest BCUT2D eigenvalue weighted by Gasteiger charge is 2.10. The predicted octanol–water partition coefficient (Wildman–Crippen LogP) is 3.69. The van der Waals surface area contributed by atoms with Gasteiger partial charge in [0.05, 0.1) is 10.6 Å². The minimum Gasteiger partial charge on any atom is -0.355 e. The number of hydrogen-bond acceptors (Lipinski definition) is 5. The molecule has 0 aliphatic rings. The summed E-state index contributed by atoms with van der Waals surface area (Å²) in [5, 5.41) is 14.0. The molecule has 104 valence electrons. The molecule has 6 nitrogen and oxygen atoms in total. The number of benzene rings is 2. The molecule has 4 N–H and O–H groups in total. The van der Waals surface area contributed by atoms with Crippen molar-refractivity contribution >= 4 is 38.7 Å². The molecule has 0 saturated carbocycles. The first-order valence-electron chi connectivity index (χ1n) is 5.79. The molecule has 0 heterocycles. The Labute approximate surface area is 124 Å². The second-order valence-corrected chi connectivity index (χ2v) is 5.17. The van der Waals surface area contributed by atoms with E-state index in [9.17, 15) is 10.1 Å². The molecule has 0 aliphatic heterocycles. The van der Waals surface area contributed by atoms with Gasteiger partial charge in [0.25, 0.3) is 5.69 Å². The van der Waals surface area contributed by atoms with E-state index in [1.54, 1.807) is 6.07 Å². The second kappa shape index (κ2) is 5.89. The van der Waals surface area contributed by atoms with Gasteiger partial charge < -0.3 is 10.7 Å². The Balaban J connectivity index is 2.37. The number of non-ortho nitro benzene ring substituents is 1. The molecule has 0 atom stereocenters. The molecule has 0 bridgehead atoms. The van der Waals surface area contributed by atoms with Crippen molar-refractivity contribution in [2.45, 2.75) is 6.92 Å². The molecule has 0 spiro atoms. The van der Waals surface area contributed by atoms with Gasteiger partial charge in [-0.25, -0.2) is 0 Å². The number of rotatable bonds is 4. The Morgan fingerprint density at radius 2 is 1.90 bits per heavy atom. The van der Waals surface area contributed by atoms with Gasteiger partial charge in [0.2, 0.25) is 0 Å². The third-order valence-electron chi connectivity index (χ3n) is 2.76. The van der Waals surface area contributed by atoms with Crippen molar-refractivity contribution in [1.82, 2.24) is 0 Å². The molecule has 0 radical (unpaired) electrons. The number of nitro groups is 1. The van der Waals surface area contributed by atoms with E-state index < -0.39 is 4.92 Å². The molecule has 7 heteroatoms. The average Bonchev–Trinajstić information content (AvgIpc) is 2.41. The number of nitrogens with zero attached hydrogens (tertiary/aromatic N) is 1. The van der Waals surface area contributed by atoms with Crippen LogP contribution in [0.15, 0.2) is 40.9 Å². The SMILES string of the molecule is Cc1cc(Br)ccc1Nc1cc(NN)cc([N+](=O)[O-])c1. The van der Waals surface area contributed by atoms with Crippen LogP contribution in [0.4, 0.5) is 22.7 Å². The van der Waals surface area contributed by atoms with Gasteiger partial charge in [-0.1, -0.05) is 15.9 Å². The number of nitro benzene ring substituents is 1. The monoisotopic (exact) mass is 336 g/mol. The standard InChI is InChI=1S/C13H13BrN4O2/c1-8-4-9(14)2-3-13(8)16-10-5-11(17-15)7-12(6-10)18(19)20/h2-7,16-17H,15H2,1H3. The maximum absolute atomic E-state index is 10.9. The molecule has 0 saturated heterocycles. The summed E-state index contributed by atoms with van der Waals surface area (Å²) < 4.78 is 0.976. The summed E-state index contributed by atoms with van der Waals surface area (Å²) in [4.78, 5) is 10.4.